The van der Waals surface area contributed by atoms with Crippen LogP contribution >= 0.6 is 15.9 Å². The molecule has 0 amide bonds. The zero-order valence-corrected chi connectivity index (χ0v) is 14.9. The van der Waals surface area contributed by atoms with Crippen LogP contribution in [0, 0.1) is 5.92 Å². The summed E-state index contributed by atoms with van der Waals surface area (Å²) >= 11 is 3.45. The molecule has 124 valence electrons. The van der Waals surface area contributed by atoms with Gasteiger partial charge in [-0.05, 0) is 30.2 Å². The molecule has 4 rings (SSSR count). The van der Waals surface area contributed by atoms with Crippen molar-refractivity contribution in [1.29, 1.82) is 0 Å². The van der Waals surface area contributed by atoms with E-state index >= 15 is 0 Å². The number of aromatic amines is 1. The van der Waals surface area contributed by atoms with Gasteiger partial charge < -0.3 is 9.47 Å². The molecule has 1 aromatic carbocycles. The molecule has 24 heavy (non-hydrogen) atoms. The first-order valence-corrected chi connectivity index (χ1v) is 8.47. The number of benzene rings is 1. The van der Waals surface area contributed by atoms with Gasteiger partial charge in [-0.15, -0.1) is 0 Å². The third-order valence-electron chi connectivity index (χ3n) is 4.36. The molecule has 8 heteroatoms. The van der Waals surface area contributed by atoms with E-state index in [4.69, 9.17) is 0 Å². The number of nitrogens with one attached hydrogen (secondary N) is 1. The number of halogens is 1. The van der Waals surface area contributed by atoms with Crippen LogP contribution in [0.5, 0.6) is 0 Å². The lowest BCUT2D eigenvalue weighted by Crippen LogP contribution is -2.35. The van der Waals surface area contributed by atoms with Crippen LogP contribution in [0.4, 0.5) is 11.6 Å². The maximum Gasteiger partial charge on any atom is 0.329 e. The second kappa shape index (κ2) is 5.34. The number of aromatic nitrogens is 4. The number of H-pyrrole nitrogens is 1. The Morgan fingerprint density at radius 2 is 1.92 bits per heavy atom. The van der Waals surface area contributed by atoms with Crippen LogP contribution in [0.2, 0.25) is 0 Å². The molecule has 0 saturated heterocycles. The zero-order chi connectivity index (χ0) is 17.0. The fourth-order valence-electron chi connectivity index (χ4n) is 3.21. The number of hydrogen-bond donors (Lipinski definition) is 1. The van der Waals surface area contributed by atoms with Crippen LogP contribution in [0.15, 0.2) is 38.3 Å². The van der Waals surface area contributed by atoms with Crippen LogP contribution in [0.3, 0.4) is 0 Å². The van der Waals surface area contributed by atoms with Crippen molar-refractivity contribution in [3.63, 3.8) is 0 Å². The van der Waals surface area contributed by atoms with Crippen molar-refractivity contribution in [1.82, 2.24) is 19.1 Å². The molecule has 3 aromatic rings. The second-order valence-electron chi connectivity index (χ2n) is 6.21. The first-order chi connectivity index (χ1) is 11.5. The van der Waals surface area contributed by atoms with Crippen molar-refractivity contribution < 1.29 is 0 Å². The fourth-order valence-corrected chi connectivity index (χ4v) is 3.47. The summed E-state index contributed by atoms with van der Waals surface area (Å²) in [6.45, 7) is 3.63. The van der Waals surface area contributed by atoms with E-state index in [1.807, 2.05) is 28.8 Å². The Kier molecular flexibility index (Phi) is 3.38. The third kappa shape index (κ3) is 2.21. The number of nitrogens with zero attached hydrogens (tertiary/aromatic N) is 4. The van der Waals surface area contributed by atoms with E-state index in [-0.39, 0.29) is 0 Å². The number of aryl methyl sites for hydroxylation is 1. The first kappa shape index (κ1) is 15.2. The Hall–Kier alpha value is -2.35. The first-order valence-electron chi connectivity index (χ1n) is 7.68. The number of hydrogen-bond acceptors (Lipinski definition) is 4. The van der Waals surface area contributed by atoms with Gasteiger partial charge >= 0.3 is 5.69 Å². The van der Waals surface area contributed by atoms with Crippen molar-refractivity contribution >= 4 is 38.7 Å². The van der Waals surface area contributed by atoms with Crippen LogP contribution < -0.4 is 16.1 Å². The summed E-state index contributed by atoms with van der Waals surface area (Å²) in [7, 11) is 1.62. The molecule has 2 aromatic heterocycles. The predicted octanol–water partition coefficient (Wildman–Crippen LogP) is 1.97. The van der Waals surface area contributed by atoms with Gasteiger partial charge in [0.1, 0.15) is 0 Å². The quantitative estimate of drug-likeness (QED) is 0.690. The molecule has 1 aliphatic heterocycles. The van der Waals surface area contributed by atoms with E-state index in [9.17, 15) is 9.59 Å². The Morgan fingerprint density at radius 1 is 1.21 bits per heavy atom. The Morgan fingerprint density at radius 3 is 2.62 bits per heavy atom. The smallest absolute Gasteiger partial charge is 0.312 e. The fraction of sp³-hybridized carbons (Fsp3) is 0.312. The molecule has 1 unspecified atom stereocenters. The van der Waals surface area contributed by atoms with E-state index in [0.29, 0.717) is 29.6 Å². The third-order valence-corrected chi connectivity index (χ3v) is 4.88. The highest BCUT2D eigenvalue weighted by Crippen LogP contribution is 2.33. The van der Waals surface area contributed by atoms with E-state index in [2.05, 4.69) is 37.7 Å². The maximum atomic E-state index is 12.3. The van der Waals surface area contributed by atoms with Crippen molar-refractivity contribution in [3.05, 3.63) is 49.6 Å². The average molecular weight is 390 g/mol. The summed E-state index contributed by atoms with van der Waals surface area (Å²) in [5.74, 6) is 1.03. The van der Waals surface area contributed by atoms with Crippen LogP contribution in [-0.4, -0.2) is 25.6 Å². The molecule has 0 aliphatic carbocycles. The second-order valence-corrected chi connectivity index (χ2v) is 7.12. The number of fused-ring (bicyclic) bond motifs is 3. The maximum absolute atomic E-state index is 12.3. The van der Waals surface area contributed by atoms with Gasteiger partial charge in [-0.25, -0.2) is 4.79 Å². The molecule has 1 aliphatic rings. The SMILES string of the molecule is CC1CN(c2ccc(Br)cc2)c2nc3c(c(=O)[nH]c(=O)n3C)n2C1. The van der Waals surface area contributed by atoms with Crippen molar-refractivity contribution in [2.45, 2.75) is 13.5 Å². The molecule has 1 atom stereocenters. The molecule has 0 fully saturated rings. The minimum Gasteiger partial charge on any atom is -0.312 e. The lowest BCUT2D eigenvalue weighted by atomic mass is 10.1. The average Bonchev–Trinajstić information content (AvgIpc) is 2.92. The highest BCUT2D eigenvalue weighted by Gasteiger charge is 2.28. The van der Waals surface area contributed by atoms with Gasteiger partial charge in [0.2, 0.25) is 5.95 Å². The van der Waals surface area contributed by atoms with Gasteiger partial charge in [0, 0.05) is 30.3 Å². The normalized spacial score (nSPS) is 17.3. The largest absolute Gasteiger partial charge is 0.329 e. The molecule has 0 bridgehead atoms. The summed E-state index contributed by atoms with van der Waals surface area (Å²) in [5.41, 5.74) is 1.02. The Labute approximate surface area is 145 Å². The van der Waals surface area contributed by atoms with E-state index in [1.165, 1.54) is 4.57 Å². The monoisotopic (exact) mass is 389 g/mol. The Bertz CT molecular complexity index is 1050. The highest BCUT2D eigenvalue weighted by molar-refractivity contribution is 9.10. The minimum absolute atomic E-state index is 0.343. The minimum atomic E-state index is -0.453. The summed E-state index contributed by atoms with van der Waals surface area (Å²) in [6.07, 6.45) is 0. The topological polar surface area (TPSA) is 75.9 Å². The summed E-state index contributed by atoms with van der Waals surface area (Å²) in [6, 6.07) is 7.97. The van der Waals surface area contributed by atoms with Crippen molar-refractivity contribution in [2.24, 2.45) is 13.0 Å². The molecule has 0 radical (unpaired) electrons. The van der Waals surface area contributed by atoms with Crippen molar-refractivity contribution in [3.8, 4) is 0 Å². The van der Waals surface area contributed by atoms with Crippen LogP contribution in [-0.2, 0) is 13.6 Å². The van der Waals surface area contributed by atoms with Gasteiger partial charge in [-0.3, -0.25) is 14.3 Å². The lowest BCUT2D eigenvalue weighted by molar-refractivity contribution is 0.458. The standard InChI is InChI=1S/C16H16BrN5O2/c1-9-7-21(11-5-3-10(17)4-6-11)15-18-13-12(22(15)8-9)14(23)19-16(24)20(13)2/h3-6,9H,7-8H2,1-2H3,(H,19,23,24). The molecule has 7 nitrogen and oxygen atoms in total. The molecular weight excluding hydrogens is 374 g/mol. The van der Waals surface area contributed by atoms with Gasteiger partial charge in [0.05, 0.1) is 0 Å². The predicted molar refractivity (Wildman–Crippen MR) is 95.9 cm³/mol. The van der Waals surface area contributed by atoms with Crippen LogP contribution in [0.1, 0.15) is 6.92 Å². The van der Waals surface area contributed by atoms with Crippen LogP contribution in [0.25, 0.3) is 11.2 Å². The molecule has 0 spiro atoms. The van der Waals surface area contributed by atoms with Gasteiger partial charge in [0.25, 0.3) is 5.56 Å². The van der Waals surface area contributed by atoms with Crippen molar-refractivity contribution in [2.75, 3.05) is 11.4 Å². The van der Waals surface area contributed by atoms with E-state index < -0.39 is 11.2 Å². The molecular formula is C16H16BrN5O2. The zero-order valence-electron chi connectivity index (χ0n) is 13.3. The van der Waals surface area contributed by atoms with Gasteiger partial charge in [-0.2, -0.15) is 4.98 Å². The molecule has 3 heterocycles. The number of rotatable bonds is 1. The number of imidazole rings is 1. The van der Waals surface area contributed by atoms with E-state index in [0.717, 1.165) is 16.7 Å². The summed E-state index contributed by atoms with van der Waals surface area (Å²) in [5, 5.41) is 0. The summed E-state index contributed by atoms with van der Waals surface area (Å²) in [4.78, 5) is 33.2. The number of anilines is 2. The summed E-state index contributed by atoms with van der Waals surface area (Å²) < 4.78 is 4.29. The van der Waals surface area contributed by atoms with Gasteiger partial charge in [-0.1, -0.05) is 22.9 Å². The molecule has 0 saturated carbocycles. The van der Waals surface area contributed by atoms with E-state index in [1.54, 1.807) is 7.05 Å². The lowest BCUT2D eigenvalue weighted by Gasteiger charge is -2.32. The molecule has 1 N–H and O–H groups in total. The Balaban J connectivity index is 2.00. The van der Waals surface area contributed by atoms with Gasteiger partial charge in [0.15, 0.2) is 11.2 Å². The highest BCUT2D eigenvalue weighted by atomic mass is 79.9.